The molecular formula is C22H21N3O4S. The molecular weight excluding hydrogens is 402 g/mol. The number of nitrogens with one attached hydrogen (secondary N) is 3. The Balaban J connectivity index is 1.55. The number of hydrogen-bond acceptors (Lipinski definition) is 5. The third-order valence-electron chi connectivity index (χ3n) is 5.06. The maximum Gasteiger partial charge on any atom is 0.328 e. The smallest absolute Gasteiger partial charge is 0.328 e. The van der Waals surface area contributed by atoms with Crippen LogP contribution in [0.3, 0.4) is 0 Å². The Labute approximate surface area is 177 Å². The number of benzene rings is 2. The van der Waals surface area contributed by atoms with Gasteiger partial charge in [-0.2, -0.15) is 0 Å². The highest BCUT2D eigenvalue weighted by Gasteiger charge is 2.26. The molecule has 7 nitrogen and oxygen atoms in total. The zero-order valence-corrected chi connectivity index (χ0v) is 17.3. The fourth-order valence-corrected chi connectivity index (χ4v) is 4.38. The number of anilines is 1. The van der Waals surface area contributed by atoms with Crippen molar-refractivity contribution in [1.82, 2.24) is 10.3 Å². The van der Waals surface area contributed by atoms with Crippen LogP contribution in [0.4, 0.5) is 5.69 Å². The van der Waals surface area contributed by atoms with Crippen LogP contribution in [-0.2, 0) is 20.7 Å². The van der Waals surface area contributed by atoms with Gasteiger partial charge >= 0.3 is 5.97 Å². The molecule has 0 unspecified atom stereocenters. The summed E-state index contributed by atoms with van der Waals surface area (Å²) in [6.45, 7) is 1.83. The van der Waals surface area contributed by atoms with Crippen molar-refractivity contribution in [1.29, 1.82) is 0 Å². The van der Waals surface area contributed by atoms with E-state index in [1.165, 1.54) is 18.9 Å². The van der Waals surface area contributed by atoms with Crippen molar-refractivity contribution in [2.75, 3.05) is 12.4 Å². The van der Waals surface area contributed by atoms with E-state index in [1.54, 1.807) is 18.2 Å². The monoisotopic (exact) mass is 423 g/mol. The zero-order chi connectivity index (χ0) is 21.3. The summed E-state index contributed by atoms with van der Waals surface area (Å²) in [6, 6.07) is 12.0. The second kappa shape index (κ2) is 8.23. The van der Waals surface area contributed by atoms with Crippen LogP contribution in [0.1, 0.15) is 22.8 Å². The molecule has 2 atom stereocenters. The molecule has 8 heteroatoms. The zero-order valence-electron chi connectivity index (χ0n) is 16.5. The third kappa shape index (κ3) is 3.91. The van der Waals surface area contributed by atoms with Gasteiger partial charge in [0.25, 0.3) is 5.91 Å². The molecule has 0 saturated carbocycles. The molecule has 0 aliphatic carbocycles. The van der Waals surface area contributed by atoms with Gasteiger partial charge in [0.15, 0.2) is 0 Å². The maximum absolute atomic E-state index is 12.9. The van der Waals surface area contributed by atoms with Gasteiger partial charge in [0.05, 0.1) is 18.0 Å². The molecule has 0 radical (unpaired) electrons. The number of aromatic amines is 1. The lowest BCUT2D eigenvalue weighted by atomic mass is 10.0. The van der Waals surface area contributed by atoms with Gasteiger partial charge in [-0.15, -0.1) is 11.8 Å². The van der Waals surface area contributed by atoms with Crippen molar-refractivity contribution in [3.8, 4) is 0 Å². The molecule has 0 spiro atoms. The number of amides is 2. The highest BCUT2D eigenvalue weighted by atomic mass is 32.2. The van der Waals surface area contributed by atoms with Gasteiger partial charge in [-0.05, 0) is 36.8 Å². The van der Waals surface area contributed by atoms with Crippen molar-refractivity contribution in [3.05, 3.63) is 59.8 Å². The first-order chi connectivity index (χ1) is 14.5. The molecule has 30 heavy (non-hydrogen) atoms. The predicted octanol–water partition coefficient (Wildman–Crippen LogP) is 3.11. The number of carbonyl (C=O) groups excluding carboxylic acids is 3. The van der Waals surface area contributed by atoms with E-state index < -0.39 is 17.9 Å². The molecule has 3 aromatic rings. The minimum atomic E-state index is -0.846. The molecule has 2 heterocycles. The van der Waals surface area contributed by atoms with Crippen LogP contribution >= 0.6 is 11.8 Å². The fraction of sp³-hybridized carbons (Fsp3) is 0.227. The summed E-state index contributed by atoms with van der Waals surface area (Å²) in [7, 11) is 1.30. The molecule has 154 valence electrons. The fourth-order valence-electron chi connectivity index (χ4n) is 3.45. The van der Waals surface area contributed by atoms with Gasteiger partial charge in [-0.25, -0.2) is 4.79 Å². The van der Waals surface area contributed by atoms with E-state index in [4.69, 9.17) is 4.74 Å². The third-order valence-corrected chi connectivity index (χ3v) is 6.24. The van der Waals surface area contributed by atoms with Crippen LogP contribution < -0.4 is 10.6 Å². The van der Waals surface area contributed by atoms with E-state index in [-0.39, 0.29) is 17.6 Å². The normalized spacial score (nSPS) is 16.5. The minimum absolute atomic E-state index is 0.100. The van der Waals surface area contributed by atoms with E-state index in [9.17, 15) is 14.4 Å². The summed E-state index contributed by atoms with van der Waals surface area (Å²) < 4.78 is 4.90. The highest BCUT2D eigenvalue weighted by molar-refractivity contribution is 8.00. The molecule has 0 fully saturated rings. The summed E-state index contributed by atoms with van der Waals surface area (Å²) in [6.07, 6.45) is 2.12. The Morgan fingerprint density at radius 1 is 1.23 bits per heavy atom. The van der Waals surface area contributed by atoms with Crippen molar-refractivity contribution in [3.63, 3.8) is 0 Å². The standard InChI is InChI=1S/C22H21N3O4S/c1-12-20(26)24-17-9-13(7-8-19(17)30-12)21(27)25-18(22(28)29-2)10-14-11-23-16-6-4-3-5-15(14)16/h3-9,11-12,18,23H,10H2,1-2H3,(H,24,26)(H,25,27)/t12-,18+/m1/s1. The van der Waals surface area contributed by atoms with E-state index in [0.717, 1.165) is 21.4 Å². The van der Waals surface area contributed by atoms with E-state index >= 15 is 0 Å². The van der Waals surface area contributed by atoms with Crippen LogP contribution in [0.15, 0.2) is 53.6 Å². The number of thioether (sulfide) groups is 1. The average molecular weight is 423 g/mol. The van der Waals surface area contributed by atoms with Gasteiger partial charge in [-0.3, -0.25) is 9.59 Å². The second-order valence-electron chi connectivity index (χ2n) is 7.07. The van der Waals surface area contributed by atoms with Crippen LogP contribution in [0.5, 0.6) is 0 Å². The number of esters is 1. The number of carbonyl (C=O) groups is 3. The molecule has 2 amide bonds. The number of ether oxygens (including phenoxy) is 1. The largest absolute Gasteiger partial charge is 0.467 e. The number of fused-ring (bicyclic) bond motifs is 2. The van der Waals surface area contributed by atoms with Crippen LogP contribution in [0.25, 0.3) is 10.9 Å². The first-order valence-corrected chi connectivity index (χ1v) is 10.4. The van der Waals surface area contributed by atoms with Gasteiger partial charge < -0.3 is 20.4 Å². The quantitative estimate of drug-likeness (QED) is 0.548. The van der Waals surface area contributed by atoms with Crippen LogP contribution in [0, 0.1) is 0 Å². The lowest BCUT2D eigenvalue weighted by molar-refractivity contribution is -0.142. The molecule has 2 aromatic carbocycles. The summed E-state index contributed by atoms with van der Waals surface area (Å²) in [5, 5.41) is 6.39. The predicted molar refractivity (Wildman–Crippen MR) is 116 cm³/mol. The minimum Gasteiger partial charge on any atom is -0.467 e. The van der Waals surface area contributed by atoms with Crippen molar-refractivity contribution < 1.29 is 19.1 Å². The lowest BCUT2D eigenvalue weighted by Crippen LogP contribution is -2.43. The number of H-pyrrole nitrogens is 1. The Morgan fingerprint density at radius 2 is 2.03 bits per heavy atom. The summed E-state index contributed by atoms with van der Waals surface area (Å²) in [4.78, 5) is 41.2. The summed E-state index contributed by atoms with van der Waals surface area (Å²) >= 11 is 1.45. The number of para-hydroxylation sites is 1. The molecule has 1 aliphatic rings. The Bertz CT molecular complexity index is 1140. The second-order valence-corrected chi connectivity index (χ2v) is 8.46. The first kappa shape index (κ1) is 20.0. The number of aromatic nitrogens is 1. The van der Waals surface area contributed by atoms with Gasteiger partial charge in [0.1, 0.15) is 6.04 Å². The number of hydrogen-bond donors (Lipinski definition) is 3. The van der Waals surface area contributed by atoms with Crippen molar-refractivity contribution in [2.24, 2.45) is 0 Å². The molecule has 4 rings (SSSR count). The molecule has 1 aliphatic heterocycles. The maximum atomic E-state index is 12.9. The molecule has 0 bridgehead atoms. The molecule has 0 saturated heterocycles. The average Bonchev–Trinajstić information content (AvgIpc) is 3.16. The Kier molecular flexibility index (Phi) is 5.50. The Hall–Kier alpha value is -3.26. The lowest BCUT2D eigenvalue weighted by Gasteiger charge is -2.22. The van der Waals surface area contributed by atoms with Crippen LogP contribution in [0.2, 0.25) is 0 Å². The van der Waals surface area contributed by atoms with Gasteiger partial charge in [0.2, 0.25) is 5.91 Å². The topological polar surface area (TPSA) is 100 Å². The number of methoxy groups -OCH3 is 1. The molecule has 1 aromatic heterocycles. The Morgan fingerprint density at radius 3 is 2.83 bits per heavy atom. The summed E-state index contributed by atoms with van der Waals surface area (Å²) in [5.41, 5.74) is 2.82. The van der Waals surface area contributed by atoms with E-state index in [0.29, 0.717) is 11.3 Å². The van der Waals surface area contributed by atoms with Gasteiger partial charge in [0, 0.05) is 34.0 Å². The van der Waals surface area contributed by atoms with E-state index in [2.05, 4.69) is 15.6 Å². The summed E-state index contributed by atoms with van der Waals surface area (Å²) in [5.74, 6) is -1.04. The highest BCUT2D eigenvalue weighted by Crippen LogP contribution is 2.35. The molecule has 3 N–H and O–H groups in total. The van der Waals surface area contributed by atoms with Crippen molar-refractivity contribution in [2.45, 2.75) is 29.5 Å². The van der Waals surface area contributed by atoms with Gasteiger partial charge in [-0.1, -0.05) is 18.2 Å². The first-order valence-electron chi connectivity index (χ1n) is 9.51. The van der Waals surface area contributed by atoms with Crippen LogP contribution in [-0.4, -0.2) is 41.2 Å². The van der Waals surface area contributed by atoms with Crippen molar-refractivity contribution >= 4 is 46.1 Å². The van der Waals surface area contributed by atoms with E-state index in [1.807, 2.05) is 37.4 Å². The SMILES string of the molecule is COC(=O)[C@H](Cc1c[nH]c2ccccc12)NC(=O)c1ccc2c(c1)NC(=O)[C@@H](C)S2. The number of rotatable bonds is 5.